The smallest absolute Gasteiger partial charge is 0.107 e. The average Bonchev–Trinajstić information content (AvgIpc) is 3.29. The fourth-order valence-corrected chi connectivity index (χ4v) is 5.50. The van der Waals surface area contributed by atoms with E-state index in [1.54, 1.807) is 0 Å². The van der Waals surface area contributed by atoms with Crippen molar-refractivity contribution in [1.29, 1.82) is 0 Å². The van der Waals surface area contributed by atoms with Gasteiger partial charge in [-0.25, -0.2) is 0 Å². The van der Waals surface area contributed by atoms with E-state index < -0.39 is 6.10 Å². The van der Waals surface area contributed by atoms with Crippen molar-refractivity contribution in [2.45, 2.75) is 134 Å². The summed E-state index contributed by atoms with van der Waals surface area (Å²) in [5.41, 5.74) is 13.9. The number of hydrogen-bond acceptors (Lipinski definition) is 3. The van der Waals surface area contributed by atoms with Crippen molar-refractivity contribution in [2.75, 3.05) is 6.61 Å². The average molecular weight is 741 g/mol. The Balaban J connectivity index is -0.000000246. The van der Waals surface area contributed by atoms with Crippen molar-refractivity contribution < 1.29 is 80.4 Å². The zero-order valence-corrected chi connectivity index (χ0v) is 35.3. The molecule has 3 rings (SSSR count). The number of rotatable bonds is 4. The van der Waals surface area contributed by atoms with Gasteiger partial charge in [0.05, 0.1) is 18.8 Å². The van der Waals surface area contributed by atoms with Crippen LogP contribution in [0.1, 0.15) is 115 Å². The third-order valence-electron chi connectivity index (χ3n) is 7.95. The summed E-state index contributed by atoms with van der Waals surface area (Å²) in [6, 6.07) is 6.86. The molecule has 2 aromatic rings. The van der Waals surface area contributed by atoms with Gasteiger partial charge >= 0.3 is 0 Å². The van der Waals surface area contributed by atoms with E-state index >= 15 is 0 Å². The SMILES string of the molecule is C#C.C#C.CC(C)[C@H]1CC(O)[C@@H](CO)O1.Cc1[c-]c(C)c(C(C)C)c(C)c1C.Cc1[c-]c(C)c(C(C)C)c(C)c1C.[Y].[Y]. The molecule has 1 aliphatic rings. The molecule has 2 radical (unpaired) electrons. The third kappa shape index (κ3) is 15.2. The van der Waals surface area contributed by atoms with Crippen molar-refractivity contribution in [2.24, 2.45) is 5.92 Å². The Labute approximate surface area is 316 Å². The quantitative estimate of drug-likeness (QED) is 0.245. The third-order valence-corrected chi connectivity index (χ3v) is 7.95. The van der Waals surface area contributed by atoms with Crippen LogP contribution in [0.3, 0.4) is 0 Å². The molecule has 1 aliphatic heterocycles. The maximum atomic E-state index is 9.32. The first kappa shape index (κ1) is 49.5. The van der Waals surface area contributed by atoms with E-state index in [4.69, 9.17) is 9.84 Å². The molecular weight excluding hydrogens is 682 g/mol. The molecular formula is C38H58O3Y2-2. The van der Waals surface area contributed by atoms with Gasteiger partial charge in [0.25, 0.3) is 0 Å². The van der Waals surface area contributed by atoms with Crippen LogP contribution in [-0.2, 0) is 70.2 Å². The molecule has 0 aliphatic carbocycles. The fraction of sp³-hybridized carbons (Fsp3) is 0.579. The van der Waals surface area contributed by atoms with Crippen LogP contribution < -0.4 is 0 Å². The monoisotopic (exact) mass is 740 g/mol. The summed E-state index contributed by atoms with van der Waals surface area (Å²) in [6.07, 6.45) is 15.9. The van der Waals surface area contributed by atoms with E-state index in [1.807, 2.05) is 0 Å². The molecule has 1 unspecified atom stereocenters. The number of aliphatic hydroxyl groups excluding tert-OH is 2. The molecule has 0 amide bonds. The van der Waals surface area contributed by atoms with Gasteiger partial charge in [0.1, 0.15) is 6.10 Å². The number of hydrogen-bond donors (Lipinski definition) is 2. The maximum absolute atomic E-state index is 9.32. The number of benzene rings is 2. The van der Waals surface area contributed by atoms with Gasteiger partial charge < -0.3 is 14.9 Å². The molecule has 2 aromatic carbocycles. The molecule has 3 atom stereocenters. The molecule has 3 nitrogen and oxygen atoms in total. The second-order valence-electron chi connectivity index (χ2n) is 11.8. The second kappa shape index (κ2) is 24.8. The summed E-state index contributed by atoms with van der Waals surface area (Å²) < 4.78 is 5.38. The molecule has 43 heavy (non-hydrogen) atoms. The van der Waals surface area contributed by atoms with Crippen LogP contribution in [0.2, 0.25) is 0 Å². The fourth-order valence-electron chi connectivity index (χ4n) is 5.50. The molecule has 2 N–H and O–H groups in total. The van der Waals surface area contributed by atoms with Gasteiger partial charge in [-0.15, -0.1) is 36.8 Å². The second-order valence-corrected chi connectivity index (χ2v) is 11.8. The predicted molar refractivity (Wildman–Crippen MR) is 178 cm³/mol. The van der Waals surface area contributed by atoms with E-state index in [0.717, 1.165) is 0 Å². The van der Waals surface area contributed by atoms with E-state index in [1.165, 1.54) is 55.6 Å². The molecule has 1 saturated heterocycles. The van der Waals surface area contributed by atoms with Crippen molar-refractivity contribution in [3.63, 3.8) is 0 Å². The summed E-state index contributed by atoms with van der Waals surface area (Å²) in [4.78, 5) is 0. The Morgan fingerprint density at radius 1 is 0.651 bits per heavy atom. The summed E-state index contributed by atoms with van der Waals surface area (Å²) in [7, 11) is 0. The Bertz CT molecular complexity index is 1040. The molecule has 0 saturated carbocycles. The van der Waals surface area contributed by atoms with Crippen LogP contribution in [0.4, 0.5) is 0 Å². The summed E-state index contributed by atoms with van der Waals surface area (Å²) >= 11 is 0. The molecule has 0 bridgehead atoms. The van der Waals surface area contributed by atoms with Crippen LogP contribution in [-0.4, -0.2) is 35.1 Å². The van der Waals surface area contributed by atoms with Crippen molar-refractivity contribution in [3.8, 4) is 25.7 Å². The van der Waals surface area contributed by atoms with Gasteiger partial charge in [-0.3, -0.25) is 0 Å². The van der Waals surface area contributed by atoms with Gasteiger partial charge in [-0.2, -0.15) is 56.6 Å². The zero-order chi connectivity index (χ0) is 32.8. The van der Waals surface area contributed by atoms with Crippen LogP contribution >= 0.6 is 0 Å². The minimum atomic E-state index is -0.479. The van der Waals surface area contributed by atoms with Gasteiger partial charge in [0.15, 0.2) is 0 Å². The number of aliphatic hydroxyl groups is 2. The van der Waals surface area contributed by atoms with Crippen LogP contribution in [0.5, 0.6) is 0 Å². The number of ether oxygens (including phenoxy) is 1. The standard InChI is InChI=1S/2C13H19.C8H16O3.2C2H2.2Y/c2*1-8(2)13-10(4)7-9(3)11(5)12(13)6;1-5(2)7-3-6(10)8(4-9)11-7;2*1-2;;/h2*8H,1-6H3;5-10H,3-4H2,1-2H3;2*1-2H;;/q2*-1;;;;;/t;;6?,7-,8-;;;;/m..1..../s1. The molecule has 0 spiro atoms. The predicted octanol–water partition coefficient (Wildman–Crippen LogP) is 8.33. The van der Waals surface area contributed by atoms with E-state index in [2.05, 4.69) is 135 Å². The van der Waals surface area contributed by atoms with Crippen molar-refractivity contribution >= 4 is 0 Å². The van der Waals surface area contributed by atoms with Crippen molar-refractivity contribution in [3.05, 3.63) is 67.8 Å². The molecule has 0 aromatic heterocycles. The molecule has 1 heterocycles. The van der Waals surface area contributed by atoms with E-state index in [9.17, 15) is 5.11 Å². The van der Waals surface area contributed by atoms with Crippen LogP contribution in [0.25, 0.3) is 0 Å². The number of terminal acetylenes is 2. The van der Waals surface area contributed by atoms with Crippen LogP contribution in [0, 0.1) is 99.1 Å². The molecule has 5 heteroatoms. The minimum Gasteiger partial charge on any atom is -0.394 e. The Kier molecular flexibility index (Phi) is 28.6. The number of aryl methyl sites for hydroxylation is 4. The Morgan fingerprint density at radius 2 is 0.977 bits per heavy atom. The van der Waals surface area contributed by atoms with Gasteiger partial charge in [-0.05, 0) is 5.92 Å². The van der Waals surface area contributed by atoms with Gasteiger partial charge in [0, 0.05) is 71.8 Å². The first-order valence-corrected chi connectivity index (χ1v) is 14.6. The Hall–Kier alpha value is -0.352. The zero-order valence-electron chi connectivity index (χ0n) is 29.6. The largest absolute Gasteiger partial charge is 0.394 e. The summed E-state index contributed by atoms with van der Waals surface area (Å²) in [5, 5.41) is 18.1. The Morgan fingerprint density at radius 3 is 1.19 bits per heavy atom. The maximum Gasteiger partial charge on any atom is 0.107 e. The van der Waals surface area contributed by atoms with E-state index in [-0.39, 0.29) is 84.2 Å². The topological polar surface area (TPSA) is 49.7 Å². The van der Waals surface area contributed by atoms with Gasteiger partial charge in [-0.1, -0.05) is 109 Å². The van der Waals surface area contributed by atoms with Crippen molar-refractivity contribution in [1.82, 2.24) is 0 Å². The summed E-state index contributed by atoms with van der Waals surface area (Å²) in [6.45, 7) is 30.4. The normalized spacial score (nSPS) is 16.6. The van der Waals surface area contributed by atoms with Gasteiger partial charge in [0.2, 0.25) is 0 Å². The van der Waals surface area contributed by atoms with E-state index in [0.29, 0.717) is 24.2 Å². The molecule has 1 fully saturated rings. The van der Waals surface area contributed by atoms with Crippen LogP contribution in [0.15, 0.2) is 0 Å². The minimum absolute atomic E-state index is 0. The first-order valence-electron chi connectivity index (χ1n) is 14.6. The molecule has 236 valence electrons. The summed E-state index contributed by atoms with van der Waals surface area (Å²) in [5.74, 6) is 1.63. The first-order chi connectivity index (χ1) is 19.0.